The molecule has 1 aliphatic carbocycles. The first-order chi connectivity index (χ1) is 30.5. The molecule has 0 saturated heterocycles. The van der Waals surface area contributed by atoms with E-state index in [2.05, 4.69) is 235 Å². The van der Waals surface area contributed by atoms with Crippen LogP contribution in [-0.2, 0) is 5.41 Å². The minimum absolute atomic E-state index is 0.0180. The van der Waals surface area contributed by atoms with Crippen molar-refractivity contribution in [2.24, 2.45) is 0 Å². The maximum atomic E-state index is 2.56. The monoisotopic (exact) mass is 809 g/mol. The van der Waals surface area contributed by atoms with Gasteiger partial charge in [-0.1, -0.05) is 135 Å². The summed E-state index contributed by atoms with van der Waals surface area (Å²) in [6.45, 7) is 4.78. The molecule has 0 N–H and O–H groups in total. The number of anilines is 9. The molecule has 2 aliphatic heterocycles. The van der Waals surface area contributed by atoms with Crippen molar-refractivity contribution in [3.63, 3.8) is 0 Å². The Morgan fingerprint density at radius 1 is 0.435 bits per heavy atom. The van der Waals surface area contributed by atoms with E-state index in [1.807, 2.05) is 11.3 Å². The van der Waals surface area contributed by atoms with E-state index in [1.165, 1.54) is 87.3 Å². The van der Waals surface area contributed by atoms with Crippen molar-refractivity contribution in [3.8, 4) is 11.1 Å². The maximum Gasteiger partial charge on any atom is 0.252 e. The molecule has 62 heavy (non-hydrogen) atoms. The first-order valence-electron chi connectivity index (χ1n) is 21.6. The van der Waals surface area contributed by atoms with E-state index in [4.69, 9.17) is 0 Å². The highest BCUT2D eigenvalue weighted by Crippen LogP contribution is 2.53. The van der Waals surface area contributed by atoms with E-state index in [9.17, 15) is 0 Å². The van der Waals surface area contributed by atoms with Gasteiger partial charge >= 0.3 is 0 Å². The van der Waals surface area contributed by atoms with Gasteiger partial charge in [-0.15, -0.1) is 11.3 Å². The van der Waals surface area contributed by atoms with Crippen molar-refractivity contribution in [1.29, 1.82) is 0 Å². The first-order valence-corrected chi connectivity index (χ1v) is 22.4. The number of benzene rings is 9. The summed E-state index contributed by atoms with van der Waals surface area (Å²) in [5, 5.41) is 2.61. The Balaban J connectivity index is 1.09. The van der Waals surface area contributed by atoms with Gasteiger partial charge in [-0.25, -0.2) is 0 Å². The third-order valence-corrected chi connectivity index (χ3v) is 14.8. The van der Waals surface area contributed by atoms with Gasteiger partial charge in [-0.2, -0.15) is 0 Å². The average Bonchev–Trinajstić information content (AvgIpc) is 3.81. The van der Waals surface area contributed by atoms with Crippen LogP contribution >= 0.6 is 11.3 Å². The largest absolute Gasteiger partial charge is 0.311 e. The van der Waals surface area contributed by atoms with Crippen LogP contribution in [-0.4, -0.2) is 6.71 Å². The predicted molar refractivity (Wildman–Crippen MR) is 266 cm³/mol. The molecule has 3 nitrogen and oxygen atoms in total. The lowest BCUT2D eigenvalue weighted by atomic mass is 9.33. The first kappa shape index (κ1) is 35.4. The van der Waals surface area contributed by atoms with Crippen LogP contribution in [0.25, 0.3) is 31.3 Å². The van der Waals surface area contributed by atoms with Crippen molar-refractivity contribution < 1.29 is 0 Å². The van der Waals surface area contributed by atoms with Gasteiger partial charge in [0.25, 0.3) is 6.71 Å². The Morgan fingerprint density at radius 3 is 1.87 bits per heavy atom. The van der Waals surface area contributed by atoms with E-state index in [1.54, 1.807) is 0 Å². The van der Waals surface area contributed by atoms with Gasteiger partial charge in [0.1, 0.15) is 0 Å². The maximum absolute atomic E-state index is 2.56. The molecule has 292 valence electrons. The van der Waals surface area contributed by atoms with Gasteiger partial charge in [-0.05, 0) is 124 Å². The standard InChI is InChI=1S/C57H40BN3S/c1-57(2)44-23-11-9-21-41(44)42-33-31-39(35-45(42)57)60-50-27-15-28-51-56(50)58(47-34-32-40(36-52(47)60)59(37-17-5-3-6-18-37)38-19-7-4-8-20-38)46-24-12-13-25-48(46)61(51)49-26-16-30-54-55(49)43-22-10-14-29-53(43)62-54/h3-36H,1-2H3. The summed E-state index contributed by atoms with van der Waals surface area (Å²) < 4.78 is 2.61. The SMILES string of the molecule is CC1(C)c2ccccc2-c2ccc(N3c4cc(N(c5ccccc5)c5ccccc5)ccc4B4c5ccccc5N(c5cccc6sc7ccccc7c56)c5cccc3c54)cc21. The van der Waals surface area contributed by atoms with Crippen LogP contribution in [0.5, 0.6) is 0 Å². The number of thiophene rings is 1. The quantitative estimate of drug-likeness (QED) is 0.160. The molecule has 0 saturated carbocycles. The number of nitrogens with zero attached hydrogens (tertiary/aromatic N) is 3. The van der Waals surface area contributed by atoms with E-state index in [0.29, 0.717) is 0 Å². The van der Waals surface area contributed by atoms with E-state index < -0.39 is 0 Å². The van der Waals surface area contributed by atoms with E-state index in [0.717, 1.165) is 22.7 Å². The highest BCUT2D eigenvalue weighted by molar-refractivity contribution is 7.26. The number of rotatable bonds is 5. The number of hydrogen-bond donors (Lipinski definition) is 0. The van der Waals surface area contributed by atoms with Crippen molar-refractivity contribution in [3.05, 3.63) is 217 Å². The smallest absolute Gasteiger partial charge is 0.252 e. The fraction of sp³-hybridized carbons (Fsp3) is 0.0526. The Labute approximate surface area is 366 Å². The fourth-order valence-electron chi connectivity index (χ4n) is 10.9. The molecular weight excluding hydrogens is 770 g/mol. The molecule has 0 atom stereocenters. The predicted octanol–water partition coefficient (Wildman–Crippen LogP) is 13.9. The highest BCUT2D eigenvalue weighted by Gasteiger charge is 2.44. The minimum Gasteiger partial charge on any atom is -0.311 e. The molecule has 1 aromatic heterocycles. The second-order valence-corrected chi connectivity index (χ2v) is 18.4. The summed E-state index contributed by atoms with van der Waals surface area (Å²) in [5.74, 6) is 0. The molecule has 0 amide bonds. The Morgan fingerprint density at radius 2 is 1.05 bits per heavy atom. The molecule has 0 fully saturated rings. The molecule has 3 heterocycles. The van der Waals surface area contributed by atoms with Crippen LogP contribution in [0.3, 0.4) is 0 Å². The molecule has 3 aliphatic rings. The molecule has 5 heteroatoms. The lowest BCUT2D eigenvalue weighted by molar-refractivity contribution is 0.660. The lowest BCUT2D eigenvalue weighted by Crippen LogP contribution is -2.61. The molecule has 13 rings (SSSR count). The zero-order valence-electron chi connectivity index (χ0n) is 34.5. The van der Waals surface area contributed by atoms with E-state index >= 15 is 0 Å². The second-order valence-electron chi connectivity index (χ2n) is 17.3. The molecule has 10 aromatic rings. The third-order valence-electron chi connectivity index (χ3n) is 13.6. The zero-order chi connectivity index (χ0) is 41.1. The van der Waals surface area contributed by atoms with Crippen LogP contribution in [0.15, 0.2) is 206 Å². The molecule has 0 bridgehead atoms. The van der Waals surface area contributed by atoms with Gasteiger partial charge in [0.05, 0.1) is 5.69 Å². The topological polar surface area (TPSA) is 9.72 Å². The average molecular weight is 810 g/mol. The zero-order valence-corrected chi connectivity index (χ0v) is 35.3. The summed E-state index contributed by atoms with van der Waals surface area (Å²) in [6, 6.07) is 76.6. The highest BCUT2D eigenvalue weighted by atomic mass is 32.1. The summed E-state index contributed by atoms with van der Waals surface area (Å²) in [5.41, 5.74) is 19.8. The van der Waals surface area contributed by atoms with E-state index in [-0.39, 0.29) is 12.1 Å². The summed E-state index contributed by atoms with van der Waals surface area (Å²) in [7, 11) is 0. The number of fused-ring (bicyclic) bond motifs is 10. The van der Waals surface area contributed by atoms with Crippen LogP contribution in [0.4, 0.5) is 51.2 Å². The second kappa shape index (κ2) is 13.3. The van der Waals surface area contributed by atoms with Crippen molar-refractivity contribution in [2.45, 2.75) is 19.3 Å². The summed E-state index contributed by atoms with van der Waals surface area (Å²) >= 11 is 1.88. The normalized spacial score (nSPS) is 14.0. The van der Waals surface area contributed by atoms with Crippen LogP contribution < -0.4 is 31.1 Å². The van der Waals surface area contributed by atoms with Crippen LogP contribution in [0.2, 0.25) is 0 Å². The Kier molecular flexibility index (Phi) is 7.62. The van der Waals surface area contributed by atoms with Crippen molar-refractivity contribution in [2.75, 3.05) is 14.7 Å². The number of hydrogen-bond acceptors (Lipinski definition) is 4. The van der Waals surface area contributed by atoms with Crippen molar-refractivity contribution >= 4 is 106 Å². The van der Waals surface area contributed by atoms with Gasteiger partial charge in [0.2, 0.25) is 0 Å². The fourth-order valence-corrected chi connectivity index (χ4v) is 12.0. The van der Waals surface area contributed by atoms with Crippen LogP contribution in [0, 0.1) is 0 Å². The molecule has 0 spiro atoms. The third kappa shape index (κ3) is 5.00. The van der Waals surface area contributed by atoms with Crippen molar-refractivity contribution in [1.82, 2.24) is 0 Å². The van der Waals surface area contributed by atoms with Crippen LogP contribution in [0.1, 0.15) is 25.0 Å². The van der Waals surface area contributed by atoms with Gasteiger partial charge in [0.15, 0.2) is 0 Å². The summed E-state index contributed by atoms with van der Waals surface area (Å²) in [6.07, 6.45) is 0. The lowest BCUT2D eigenvalue weighted by Gasteiger charge is -2.44. The number of para-hydroxylation sites is 3. The summed E-state index contributed by atoms with van der Waals surface area (Å²) in [4.78, 5) is 7.50. The molecule has 0 radical (unpaired) electrons. The van der Waals surface area contributed by atoms with Gasteiger partial charge in [0, 0.05) is 71.1 Å². The van der Waals surface area contributed by atoms with Gasteiger partial charge < -0.3 is 14.7 Å². The Hall–Kier alpha value is -7.34. The Bertz CT molecular complexity index is 3390. The van der Waals surface area contributed by atoms with Gasteiger partial charge in [-0.3, -0.25) is 0 Å². The molecular formula is C57H40BN3S. The molecule has 9 aromatic carbocycles. The molecule has 0 unspecified atom stereocenters. The minimum atomic E-state index is -0.143.